The molecule has 4 nitrogen and oxygen atoms in total. The Hall–Kier alpha value is -1.46. The van der Waals surface area contributed by atoms with Crippen molar-refractivity contribution in [1.29, 1.82) is 0 Å². The number of carbonyl (C=O) groups excluding carboxylic acids is 1. The van der Waals surface area contributed by atoms with Gasteiger partial charge in [-0.25, -0.2) is 0 Å². The van der Waals surface area contributed by atoms with Crippen molar-refractivity contribution in [3.63, 3.8) is 0 Å². The number of rotatable bonds is 6. The van der Waals surface area contributed by atoms with Crippen molar-refractivity contribution in [1.82, 2.24) is 9.88 Å². The Labute approximate surface area is 181 Å². The first-order valence-corrected chi connectivity index (χ1v) is 12.1. The number of nitrogens with zero attached hydrogens (tertiary/aromatic N) is 2. The summed E-state index contributed by atoms with van der Waals surface area (Å²) in [6, 6.07) is 6.60. The minimum atomic E-state index is 0.207. The van der Waals surface area contributed by atoms with E-state index in [1.54, 1.807) is 6.20 Å². The van der Waals surface area contributed by atoms with Crippen LogP contribution in [0.5, 0.6) is 0 Å². The van der Waals surface area contributed by atoms with Crippen LogP contribution >= 0.6 is 15.9 Å². The predicted molar refractivity (Wildman–Crippen MR) is 122 cm³/mol. The molecule has 2 heterocycles. The SMILES string of the molecule is O=C(c1cnc2ccc(Br)cc2c1NC1CCC(CN2CCCC2)CC1)C1CC1. The van der Waals surface area contributed by atoms with Crippen molar-refractivity contribution in [2.75, 3.05) is 25.0 Å². The number of aromatic nitrogens is 1. The van der Waals surface area contributed by atoms with Gasteiger partial charge in [-0.2, -0.15) is 0 Å². The number of likely N-dealkylation sites (tertiary alicyclic amines) is 1. The summed E-state index contributed by atoms with van der Waals surface area (Å²) in [5.41, 5.74) is 2.75. The van der Waals surface area contributed by atoms with Crippen LogP contribution in [-0.2, 0) is 0 Å². The summed E-state index contributed by atoms with van der Waals surface area (Å²) in [6.07, 6.45) is 11.5. The van der Waals surface area contributed by atoms with Crippen LogP contribution in [-0.4, -0.2) is 41.3 Å². The van der Waals surface area contributed by atoms with E-state index < -0.39 is 0 Å². The lowest BCUT2D eigenvalue weighted by Crippen LogP contribution is -2.33. The first kappa shape index (κ1) is 19.5. The summed E-state index contributed by atoms with van der Waals surface area (Å²) < 4.78 is 1.03. The molecule has 1 aromatic carbocycles. The molecule has 0 amide bonds. The highest BCUT2D eigenvalue weighted by Gasteiger charge is 2.33. The zero-order valence-electron chi connectivity index (χ0n) is 17.0. The van der Waals surface area contributed by atoms with Gasteiger partial charge in [0.2, 0.25) is 0 Å². The Balaban J connectivity index is 1.34. The van der Waals surface area contributed by atoms with Gasteiger partial charge in [0.15, 0.2) is 5.78 Å². The number of hydrogen-bond acceptors (Lipinski definition) is 4. The number of benzene rings is 1. The molecule has 0 unspecified atom stereocenters. The minimum Gasteiger partial charge on any atom is -0.381 e. The number of pyridine rings is 1. The molecule has 5 heteroatoms. The molecule has 1 saturated heterocycles. The molecule has 0 spiro atoms. The highest BCUT2D eigenvalue weighted by Crippen LogP contribution is 2.38. The highest BCUT2D eigenvalue weighted by atomic mass is 79.9. The quantitative estimate of drug-likeness (QED) is 0.570. The van der Waals surface area contributed by atoms with Crippen molar-refractivity contribution in [3.05, 3.63) is 34.4 Å². The first-order valence-electron chi connectivity index (χ1n) is 11.3. The van der Waals surface area contributed by atoms with E-state index in [4.69, 9.17) is 0 Å². The molecule has 0 radical (unpaired) electrons. The van der Waals surface area contributed by atoms with E-state index in [1.807, 2.05) is 12.1 Å². The third-order valence-corrected chi connectivity index (χ3v) is 7.45. The molecule has 3 fully saturated rings. The smallest absolute Gasteiger partial charge is 0.169 e. The average molecular weight is 456 g/mol. The maximum absolute atomic E-state index is 12.9. The Morgan fingerprint density at radius 3 is 2.59 bits per heavy atom. The van der Waals surface area contributed by atoms with Gasteiger partial charge in [-0.15, -0.1) is 0 Å². The van der Waals surface area contributed by atoms with E-state index in [0.717, 1.165) is 45.4 Å². The third-order valence-electron chi connectivity index (χ3n) is 6.95. The largest absolute Gasteiger partial charge is 0.381 e. The minimum absolute atomic E-state index is 0.207. The van der Waals surface area contributed by atoms with Crippen LogP contribution in [0.1, 0.15) is 61.7 Å². The van der Waals surface area contributed by atoms with E-state index in [2.05, 4.69) is 37.2 Å². The summed E-state index contributed by atoms with van der Waals surface area (Å²) in [5, 5.41) is 4.86. The zero-order chi connectivity index (χ0) is 19.8. The fourth-order valence-electron chi connectivity index (χ4n) is 5.10. The Kier molecular flexibility index (Phi) is 5.61. The summed E-state index contributed by atoms with van der Waals surface area (Å²) in [6.45, 7) is 3.87. The standard InChI is InChI=1S/C24H30BrN3O/c25-18-7-10-22-20(13-18)23(21(14-26-22)24(29)17-5-6-17)27-19-8-3-16(4-9-19)15-28-11-1-2-12-28/h7,10,13-14,16-17,19H,1-6,8-9,11-12,15H2,(H,26,27). The molecule has 1 aliphatic heterocycles. The summed E-state index contributed by atoms with van der Waals surface area (Å²) >= 11 is 3.60. The van der Waals surface area contributed by atoms with Crippen LogP contribution in [0.15, 0.2) is 28.9 Å². The van der Waals surface area contributed by atoms with E-state index in [0.29, 0.717) is 6.04 Å². The highest BCUT2D eigenvalue weighted by molar-refractivity contribution is 9.10. The normalized spacial score (nSPS) is 25.4. The van der Waals surface area contributed by atoms with Crippen molar-refractivity contribution >= 4 is 38.3 Å². The second-order valence-electron chi connectivity index (χ2n) is 9.22. The van der Waals surface area contributed by atoms with Crippen molar-refractivity contribution in [2.45, 2.75) is 57.4 Å². The molecular formula is C24H30BrN3O. The van der Waals surface area contributed by atoms with Gasteiger partial charge in [-0.05, 0) is 88.6 Å². The first-order chi connectivity index (χ1) is 14.2. The van der Waals surface area contributed by atoms with E-state index in [-0.39, 0.29) is 11.7 Å². The number of fused-ring (bicyclic) bond motifs is 1. The van der Waals surface area contributed by atoms with E-state index in [1.165, 1.54) is 58.2 Å². The lowest BCUT2D eigenvalue weighted by Gasteiger charge is -2.32. The number of hydrogen-bond donors (Lipinski definition) is 1. The molecule has 0 atom stereocenters. The fourth-order valence-corrected chi connectivity index (χ4v) is 5.46. The van der Waals surface area contributed by atoms with Gasteiger partial charge in [0.1, 0.15) is 0 Å². The Morgan fingerprint density at radius 2 is 1.86 bits per heavy atom. The molecule has 2 aromatic rings. The number of nitrogens with one attached hydrogen (secondary N) is 1. The van der Waals surface area contributed by atoms with Crippen molar-refractivity contribution < 1.29 is 4.79 Å². The molecule has 3 aliphatic rings. The van der Waals surface area contributed by atoms with Crippen LogP contribution in [0.2, 0.25) is 0 Å². The molecule has 1 N–H and O–H groups in total. The van der Waals surface area contributed by atoms with Gasteiger partial charge in [0, 0.05) is 34.6 Å². The van der Waals surface area contributed by atoms with Gasteiger partial charge in [0.25, 0.3) is 0 Å². The van der Waals surface area contributed by atoms with Crippen LogP contribution in [0.25, 0.3) is 10.9 Å². The average Bonchev–Trinajstić information content (AvgIpc) is 3.46. The van der Waals surface area contributed by atoms with Crippen molar-refractivity contribution in [3.8, 4) is 0 Å². The topological polar surface area (TPSA) is 45.2 Å². The van der Waals surface area contributed by atoms with Gasteiger partial charge in [-0.1, -0.05) is 15.9 Å². The molecular weight excluding hydrogens is 426 g/mol. The molecule has 1 aromatic heterocycles. The summed E-state index contributed by atoms with van der Waals surface area (Å²) in [7, 11) is 0. The maximum Gasteiger partial charge on any atom is 0.169 e. The monoisotopic (exact) mass is 455 g/mol. The molecule has 29 heavy (non-hydrogen) atoms. The zero-order valence-corrected chi connectivity index (χ0v) is 18.6. The molecule has 154 valence electrons. The lowest BCUT2D eigenvalue weighted by molar-refractivity contribution is 0.0968. The summed E-state index contributed by atoms with van der Waals surface area (Å²) in [5.74, 6) is 1.31. The third kappa shape index (κ3) is 4.36. The van der Waals surface area contributed by atoms with Gasteiger partial charge >= 0.3 is 0 Å². The van der Waals surface area contributed by atoms with E-state index >= 15 is 0 Å². The van der Waals surface area contributed by atoms with Crippen LogP contribution in [0.3, 0.4) is 0 Å². The second kappa shape index (κ2) is 8.35. The molecule has 0 bridgehead atoms. The van der Waals surface area contributed by atoms with Gasteiger partial charge < -0.3 is 10.2 Å². The second-order valence-corrected chi connectivity index (χ2v) is 10.1. The number of ketones is 1. The summed E-state index contributed by atoms with van der Waals surface area (Å²) in [4.78, 5) is 20.2. The number of Topliss-reactive ketones (excluding diaryl/α,β-unsaturated/α-hetero) is 1. The van der Waals surface area contributed by atoms with E-state index in [9.17, 15) is 4.79 Å². The van der Waals surface area contributed by atoms with Gasteiger partial charge in [-0.3, -0.25) is 9.78 Å². The maximum atomic E-state index is 12.9. The number of anilines is 1. The van der Waals surface area contributed by atoms with Crippen LogP contribution < -0.4 is 5.32 Å². The lowest BCUT2D eigenvalue weighted by atomic mass is 9.85. The predicted octanol–water partition coefficient (Wildman–Crippen LogP) is 5.66. The van der Waals surface area contributed by atoms with Crippen LogP contribution in [0.4, 0.5) is 5.69 Å². The molecule has 2 aliphatic carbocycles. The molecule has 2 saturated carbocycles. The Morgan fingerprint density at radius 1 is 1.10 bits per heavy atom. The fraction of sp³-hybridized carbons (Fsp3) is 0.583. The Bertz CT molecular complexity index is 896. The van der Waals surface area contributed by atoms with Crippen molar-refractivity contribution in [2.24, 2.45) is 11.8 Å². The van der Waals surface area contributed by atoms with Crippen LogP contribution in [0, 0.1) is 11.8 Å². The number of halogens is 1. The molecule has 5 rings (SSSR count). The number of carbonyl (C=O) groups is 1. The van der Waals surface area contributed by atoms with Gasteiger partial charge in [0.05, 0.1) is 16.8 Å².